The van der Waals surface area contributed by atoms with Crippen LogP contribution < -0.4 is 4.90 Å². The Labute approximate surface area is 152 Å². The predicted octanol–water partition coefficient (Wildman–Crippen LogP) is 3.31. The Kier molecular flexibility index (Phi) is 5.43. The molecule has 0 radical (unpaired) electrons. The molecule has 1 aliphatic rings. The van der Waals surface area contributed by atoms with Crippen LogP contribution >= 0.6 is 0 Å². The first-order valence-corrected chi connectivity index (χ1v) is 8.74. The number of hydrogen-bond acceptors (Lipinski definition) is 1. The molecule has 1 N–H and O–H groups in total. The maximum atomic E-state index is 13.1. The van der Waals surface area contributed by atoms with Crippen molar-refractivity contribution >= 4 is 17.9 Å². The van der Waals surface area contributed by atoms with Crippen LogP contribution in [0.3, 0.4) is 0 Å². The molecule has 2 aromatic rings. The standard InChI is InChI=1S/C22H21F2NO/c1-15(2)25-13-18(11-16-3-7-20(23)8-4-16)22(26)19(14-25)12-17-5-9-21(24)10-6-17/h3-12,15H,13-14H2,1-2H3/p+1/b18-11+,19-12+. The Balaban J connectivity index is 1.95. The third-order valence-corrected chi connectivity index (χ3v) is 4.66. The summed E-state index contributed by atoms with van der Waals surface area (Å²) in [6, 6.07) is 12.6. The topological polar surface area (TPSA) is 21.5 Å². The Hall–Kier alpha value is -2.59. The smallest absolute Gasteiger partial charge is 0.196 e. The van der Waals surface area contributed by atoms with Crippen molar-refractivity contribution in [2.45, 2.75) is 19.9 Å². The number of Topliss-reactive ketones (excluding diaryl/α,β-unsaturated/α-hetero) is 1. The van der Waals surface area contributed by atoms with Gasteiger partial charge in [-0.3, -0.25) is 4.79 Å². The fourth-order valence-electron chi connectivity index (χ4n) is 3.08. The SMILES string of the molecule is CC(C)[NH+]1C/C(=C\c2ccc(F)cc2)C(=O)/C(=C/c2ccc(F)cc2)C1. The quantitative estimate of drug-likeness (QED) is 0.839. The zero-order valence-corrected chi connectivity index (χ0v) is 14.9. The zero-order valence-electron chi connectivity index (χ0n) is 14.9. The molecule has 1 aliphatic heterocycles. The number of ketones is 1. The van der Waals surface area contributed by atoms with Crippen LogP contribution in [0.2, 0.25) is 0 Å². The van der Waals surface area contributed by atoms with Crippen molar-refractivity contribution in [1.82, 2.24) is 0 Å². The molecule has 134 valence electrons. The molecule has 1 heterocycles. The molecule has 0 saturated carbocycles. The number of carbonyl (C=O) groups is 1. The summed E-state index contributed by atoms with van der Waals surface area (Å²) in [6.07, 6.45) is 3.67. The van der Waals surface area contributed by atoms with Crippen LogP contribution in [0.4, 0.5) is 8.78 Å². The lowest BCUT2D eigenvalue weighted by Gasteiger charge is -2.29. The van der Waals surface area contributed by atoms with Crippen LogP contribution in [0.15, 0.2) is 59.7 Å². The van der Waals surface area contributed by atoms with Gasteiger partial charge < -0.3 is 4.90 Å². The molecule has 0 aliphatic carbocycles. The molecule has 1 saturated heterocycles. The maximum absolute atomic E-state index is 13.1. The van der Waals surface area contributed by atoms with Gasteiger partial charge in [0.15, 0.2) is 5.78 Å². The van der Waals surface area contributed by atoms with Gasteiger partial charge in [0.25, 0.3) is 0 Å². The average molecular weight is 354 g/mol. The van der Waals surface area contributed by atoms with Crippen molar-refractivity contribution < 1.29 is 18.5 Å². The fourth-order valence-corrected chi connectivity index (χ4v) is 3.08. The number of benzene rings is 2. The van der Waals surface area contributed by atoms with E-state index in [0.29, 0.717) is 30.3 Å². The summed E-state index contributed by atoms with van der Waals surface area (Å²) < 4.78 is 26.2. The molecule has 2 nitrogen and oxygen atoms in total. The second-order valence-electron chi connectivity index (χ2n) is 6.94. The molecule has 0 unspecified atom stereocenters. The summed E-state index contributed by atoms with van der Waals surface area (Å²) in [5.74, 6) is -0.593. The van der Waals surface area contributed by atoms with Gasteiger partial charge in [0.2, 0.25) is 0 Å². The van der Waals surface area contributed by atoms with E-state index in [4.69, 9.17) is 0 Å². The first-order valence-electron chi connectivity index (χ1n) is 8.74. The molecule has 1 fully saturated rings. The minimum absolute atomic E-state index is 0.00282. The molecular formula is C22H22F2NO+. The van der Waals surface area contributed by atoms with Crippen LogP contribution in [0.5, 0.6) is 0 Å². The van der Waals surface area contributed by atoms with Gasteiger partial charge >= 0.3 is 0 Å². The van der Waals surface area contributed by atoms with E-state index >= 15 is 0 Å². The Bertz CT molecular complexity index is 781. The number of carbonyl (C=O) groups excluding carboxylic acids is 1. The van der Waals surface area contributed by atoms with Gasteiger partial charge in [0.05, 0.1) is 17.2 Å². The minimum Gasteiger partial charge on any atom is -0.325 e. The van der Waals surface area contributed by atoms with E-state index in [1.54, 1.807) is 24.3 Å². The second kappa shape index (κ2) is 7.75. The number of hydrogen-bond donors (Lipinski definition) is 1. The van der Waals surface area contributed by atoms with Gasteiger partial charge in [-0.2, -0.15) is 0 Å². The van der Waals surface area contributed by atoms with Crippen LogP contribution in [0.1, 0.15) is 25.0 Å². The Morgan fingerprint density at radius 1 is 0.808 bits per heavy atom. The first-order chi connectivity index (χ1) is 12.4. The summed E-state index contributed by atoms with van der Waals surface area (Å²) >= 11 is 0. The summed E-state index contributed by atoms with van der Waals surface area (Å²) in [4.78, 5) is 14.2. The van der Waals surface area contributed by atoms with Crippen LogP contribution in [-0.2, 0) is 4.79 Å². The van der Waals surface area contributed by atoms with Gasteiger partial charge in [-0.25, -0.2) is 8.78 Å². The van der Waals surface area contributed by atoms with Crippen molar-refractivity contribution in [3.8, 4) is 0 Å². The molecule has 4 heteroatoms. The van der Waals surface area contributed by atoms with Gasteiger partial charge in [-0.05, 0) is 61.4 Å². The van der Waals surface area contributed by atoms with E-state index in [-0.39, 0.29) is 17.4 Å². The molecule has 0 bridgehead atoms. The summed E-state index contributed by atoms with van der Waals surface area (Å²) in [5, 5.41) is 0. The molecule has 2 aromatic carbocycles. The van der Waals surface area contributed by atoms with Gasteiger partial charge in [-0.1, -0.05) is 24.3 Å². The highest BCUT2D eigenvalue weighted by Gasteiger charge is 2.30. The van der Waals surface area contributed by atoms with Crippen molar-refractivity contribution in [2.24, 2.45) is 0 Å². The number of quaternary nitrogens is 1. The number of piperidine rings is 1. The monoisotopic (exact) mass is 354 g/mol. The van der Waals surface area contributed by atoms with Crippen molar-refractivity contribution in [2.75, 3.05) is 13.1 Å². The highest BCUT2D eigenvalue weighted by Crippen LogP contribution is 2.17. The van der Waals surface area contributed by atoms with Crippen molar-refractivity contribution in [3.05, 3.63) is 82.4 Å². The number of nitrogens with one attached hydrogen (secondary N) is 1. The fraction of sp³-hybridized carbons (Fsp3) is 0.227. The number of likely N-dealkylation sites (tertiary alicyclic amines) is 1. The van der Waals surface area contributed by atoms with Gasteiger partial charge in [0, 0.05) is 0 Å². The molecule has 3 rings (SSSR count). The molecule has 0 atom stereocenters. The lowest BCUT2D eigenvalue weighted by molar-refractivity contribution is -0.912. The summed E-state index contributed by atoms with van der Waals surface area (Å²) in [6.45, 7) is 5.51. The van der Waals surface area contributed by atoms with E-state index in [2.05, 4.69) is 13.8 Å². The molecule has 0 amide bonds. The lowest BCUT2D eigenvalue weighted by atomic mass is 9.93. The lowest BCUT2D eigenvalue weighted by Crippen LogP contribution is -3.16. The third-order valence-electron chi connectivity index (χ3n) is 4.66. The van der Waals surface area contributed by atoms with Crippen LogP contribution in [-0.4, -0.2) is 24.9 Å². The predicted molar refractivity (Wildman–Crippen MR) is 99.6 cm³/mol. The van der Waals surface area contributed by atoms with Gasteiger partial charge in [0.1, 0.15) is 24.7 Å². The normalized spacial score (nSPS) is 21.0. The van der Waals surface area contributed by atoms with E-state index in [1.165, 1.54) is 29.2 Å². The minimum atomic E-state index is -0.298. The first kappa shape index (κ1) is 18.2. The van der Waals surface area contributed by atoms with E-state index < -0.39 is 0 Å². The van der Waals surface area contributed by atoms with E-state index in [1.807, 2.05) is 12.2 Å². The van der Waals surface area contributed by atoms with E-state index in [9.17, 15) is 13.6 Å². The highest BCUT2D eigenvalue weighted by molar-refractivity contribution is 6.14. The van der Waals surface area contributed by atoms with Crippen molar-refractivity contribution in [1.29, 1.82) is 0 Å². The zero-order chi connectivity index (χ0) is 18.7. The van der Waals surface area contributed by atoms with Crippen molar-refractivity contribution in [3.63, 3.8) is 0 Å². The van der Waals surface area contributed by atoms with Crippen LogP contribution in [0.25, 0.3) is 12.2 Å². The Morgan fingerprint density at radius 3 is 1.54 bits per heavy atom. The Morgan fingerprint density at radius 2 is 1.19 bits per heavy atom. The molecule has 0 spiro atoms. The largest absolute Gasteiger partial charge is 0.325 e. The maximum Gasteiger partial charge on any atom is 0.196 e. The molecule has 26 heavy (non-hydrogen) atoms. The van der Waals surface area contributed by atoms with Gasteiger partial charge in [-0.15, -0.1) is 0 Å². The molecular weight excluding hydrogens is 332 g/mol. The third kappa shape index (κ3) is 4.33. The van der Waals surface area contributed by atoms with E-state index in [0.717, 1.165) is 11.1 Å². The highest BCUT2D eigenvalue weighted by atomic mass is 19.1. The van der Waals surface area contributed by atoms with Crippen LogP contribution in [0, 0.1) is 11.6 Å². The number of halogens is 2. The second-order valence-corrected chi connectivity index (χ2v) is 6.94. The summed E-state index contributed by atoms with van der Waals surface area (Å²) in [5.41, 5.74) is 3.03. The molecule has 0 aromatic heterocycles. The average Bonchev–Trinajstić information content (AvgIpc) is 2.62. The summed E-state index contributed by atoms with van der Waals surface area (Å²) in [7, 11) is 0. The number of rotatable bonds is 3.